The molecule has 2 aromatic rings. The fourth-order valence-corrected chi connectivity index (χ4v) is 3.63. The topological polar surface area (TPSA) is 80.3 Å². The maximum absolute atomic E-state index is 13.0. The molecule has 2 aromatic carbocycles. The van der Waals surface area contributed by atoms with Gasteiger partial charge in [0.05, 0.1) is 13.7 Å². The lowest BCUT2D eigenvalue weighted by atomic mass is 10.1. The quantitative estimate of drug-likeness (QED) is 0.783. The van der Waals surface area contributed by atoms with Gasteiger partial charge in [0.25, 0.3) is 5.91 Å². The van der Waals surface area contributed by atoms with Crippen LogP contribution in [0.1, 0.15) is 10.4 Å². The number of hydrogen-bond donors (Lipinski definition) is 1. The predicted octanol–water partition coefficient (Wildman–Crippen LogP) is 2.00. The van der Waals surface area contributed by atoms with Gasteiger partial charge in [-0.25, -0.2) is 4.39 Å². The minimum atomic E-state index is -0.352. The number of nitrogens with one attached hydrogen (secondary N) is 1. The van der Waals surface area contributed by atoms with E-state index in [9.17, 15) is 14.0 Å². The Labute approximate surface area is 179 Å². The third-order valence-corrected chi connectivity index (χ3v) is 5.23. The highest BCUT2D eigenvalue weighted by Gasteiger charge is 2.26. The normalized spacial score (nSPS) is 16.0. The number of carbonyl (C=O) groups excluding carboxylic acids is 2. The predicted molar refractivity (Wildman–Crippen MR) is 111 cm³/mol. The van der Waals surface area contributed by atoms with Crippen LogP contribution < -0.4 is 19.5 Å². The number of halogens is 1. The summed E-state index contributed by atoms with van der Waals surface area (Å²) in [5.74, 6) is 0.840. The van der Waals surface area contributed by atoms with Crippen molar-refractivity contribution >= 4 is 17.5 Å². The number of nitrogens with zero attached hydrogens (tertiary/aromatic N) is 2. The van der Waals surface area contributed by atoms with E-state index in [-0.39, 0.29) is 24.2 Å². The molecule has 0 unspecified atom stereocenters. The van der Waals surface area contributed by atoms with Crippen LogP contribution in [0, 0.1) is 5.82 Å². The average Bonchev–Trinajstić information content (AvgIpc) is 2.80. The monoisotopic (exact) mass is 429 g/mol. The molecule has 2 aliphatic heterocycles. The molecule has 1 N–H and O–H groups in total. The maximum atomic E-state index is 13.0. The Bertz CT molecular complexity index is 941. The largest absolute Gasteiger partial charge is 0.493 e. The van der Waals surface area contributed by atoms with Crippen molar-refractivity contribution in [2.75, 3.05) is 58.4 Å². The van der Waals surface area contributed by atoms with Crippen LogP contribution in [0.4, 0.5) is 10.1 Å². The molecule has 4 rings (SSSR count). The molecule has 0 radical (unpaired) electrons. The number of anilines is 1. The van der Waals surface area contributed by atoms with Gasteiger partial charge >= 0.3 is 0 Å². The summed E-state index contributed by atoms with van der Waals surface area (Å²) in [7, 11) is 1.53. The number of hydrogen-bond acceptors (Lipinski definition) is 6. The van der Waals surface area contributed by atoms with E-state index < -0.39 is 0 Å². The molecule has 0 aliphatic carbocycles. The summed E-state index contributed by atoms with van der Waals surface area (Å²) < 4.78 is 29.5. The van der Waals surface area contributed by atoms with Crippen LogP contribution in [0.2, 0.25) is 0 Å². The second kappa shape index (κ2) is 9.22. The number of amides is 2. The summed E-state index contributed by atoms with van der Waals surface area (Å²) in [6.07, 6.45) is 0. The first-order valence-electron chi connectivity index (χ1n) is 10.1. The lowest BCUT2D eigenvalue weighted by molar-refractivity contribution is -0.117. The van der Waals surface area contributed by atoms with E-state index in [2.05, 4.69) is 5.32 Å². The van der Waals surface area contributed by atoms with Crippen molar-refractivity contribution in [2.24, 2.45) is 0 Å². The Kier molecular flexibility index (Phi) is 6.22. The maximum Gasteiger partial charge on any atom is 0.254 e. The van der Waals surface area contributed by atoms with Crippen LogP contribution in [0.25, 0.3) is 0 Å². The summed E-state index contributed by atoms with van der Waals surface area (Å²) in [5.41, 5.74) is 1.02. The van der Waals surface area contributed by atoms with Gasteiger partial charge in [0, 0.05) is 37.4 Å². The Morgan fingerprint density at radius 1 is 1.06 bits per heavy atom. The highest BCUT2D eigenvalue weighted by atomic mass is 19.1. The molecule has 0 spiro atoms. The van der Waals surface area contributed by atoms with Crippen LogP contribution in [0.15, 0.2) is 36.4 Å². The highest BCUT2D eigenvalue weighted by Crippen LogP contribution is 2.40. The third kappa shape index (κ3) is 4.88. The minimum absolute atomic E-state index is 0.120. The lowest BCUT2D eigenvalue weighted by Crippen LogP contribution is -2.50. The lowest BCUT2D eigenvalue weighted by Gasteiger charge is -2.34. The highest BCUT2D eigenvalue weighted by molar-refractivity contribution is 5.96. The Morgan fingerprint density at radius 3 is 2.48 bits per heavy atom. The molecule has 0 aromatic heterocycles. The number of ether oxygens (including phenoxy) is 3. The number of benzene rings is 2. The van der Waals surface area contributed by atoms with Crippen LogP contribution in [0.5, 0.6) is 17.2 Å². The average molecular weight is 429 g/mol. The Hall–Kier alpha value is -3.33. The molecule has 1 fully saturated rings. The first-order valence-corrected chi connectivity index (χ1v) is 10.1. The van der Waals surface area contributed by atoms with Gasteiger partial charge in [-0.2, -0.15) is 0 Å². The van der Waals surface area contributed by atoms with Gasteiger partial charge in [-0.15, -0.1) is 0 Å². The molecule has 164 valence electrons. The number of methoxy groups -OCH3 is 1. The second-order valence-electron chi connectivity index (χ2n) is 7.33. The summed E-state index contributed by atoms with van der Waals surface area (Å²) in [6.45, 7) is 3.21. The second-order valence-corrected chi connectivity index (χ2v) is 7.33. The number of piperazine rings is 1. The summed E-state index contributed by atoms with van der Waals surface area (Å²) in [5, 5.41) is 2.75. The molecule has 1 saturated heterocycles. The third-order valence-electron chi connectivity index (χ3n) is 5.23. The molecular formula is C22H24FN3O5. The minimum Gasteiger partial charge on any atom is -0.493 e. The zero-order valence-electron chi connectivity index (χ0n) is 17.2. The van der Waals surface area contributed by atoms with Gasteiger partial charge in [-0.3, -0.25) is 14.5 Å². The first-order chi connectivity index (χ1) is 15.0. The molecule has 8 nitrogen and oxygen atoms in total. The van der Waals surface area contributed by atoms with E-state index in [1.54, 1.807) is 17.0 Å². The standard InChI is InChI=1S/C22H24FN3O5/c1-29-18-12-15(13-19-21(18)31-11-10-30-19)22(28)26-8-6-25(7-9-26)14-20(27)24-17-4-2-16(23)3-5-17/h2-5,12-13H,6-11,14H2,1H3,(H,24,27). The van der Waals surface area contributed by atoms with Gasteiger partial charge < -0.3 is 24.4 Å². The van der Waals surface area contributed by atoms with E-state index in [0.29, 0.717) is 67.9 Å². The van der Waals surface area contributed by atoms with Gasteiger partial charge in [0.2, 0.25) is 11.7 Å². The molecule has 0 bridgehead atoms. The Morgan fingerprint density at radius 2 is 1.77 bits per heavy atom. The molecule has 0 atom stereocenters. The van der Waals surface area contributed by atoms with Crippen molar-refractivity contribution in [1.82, 2.24) is 9.80 Å². The zero-order valence-corrected chi connectivity index (χ0v) is 17.2. The number of fused-ring (bicyclic) bond motifs is 1. The van der Waals surface area contributed by atoms with Crippen molar-refractivity contribution in [1.29, 1.82) is 0 Å². The van der Waals surface area contributed by atoms with E-state index in [1.807, 2.05) is 4.90 Å². The fraction of sp³-hybridized carbons (Fsp3) is 0.364. The van der Waals surface area contributed by atoms with E-state index in [0.717, 1.165) is 0 Å². The first kappa shape index (κ1) is 20.9. The summed E-state index contributed by atoms with van der Waals surface area (Å²) in [4.78, 5) is 29.0. The zero-order chi connectivity index (χ0) is 21.8. The van der Waals surface area contributed by atoms with Gasteiger partial charge in [0.15, 0.2) is 11.5 Å². The van der Waals surface area contributed by atoms with E-state index in [4.69, 9.17) is 14.2 Å². The summed E-state index contributed by atoms with van der Waals surface area (Å²) >= 11 is 0. The number of carbonyl (C=O) groups is 2. The SMILES string of the molecule is COc1cc(C(=O)N2CCN(CC(=O)Nc3ccc(F)cc3)CC2)cc2c1OCCO2. The molecule has 2 aliphatic rings. The number of rotatable bonds is 5. The van der Waals surface area contributed by atoms with Crippen molar-refractivity contribution < 1.29 is 28.2 Å². The van der Waals surface area contributed by atoms with Crippen molar-refractivity contribution in [3.8, 4) is 17.2 Å². The molecular weight excluding hydrogens is 405 g/mol. The van der Waals surface area contributed by atoms with Crippen molar-refractivity contribution in [3.63, 3.8) is 0 Å². The van der Waals surface area contributed by atoms with Crippen LogP contribution >= 0.6 is 0 Å². The Balaban J connectivity index is 1.33. The van der Waals surface area contributed by atoms with Crippen LogP contribution in [-0.2, 0) is 4.79 Å². The van der Waals surface area contributed by atoms with Gasteiger partial charge in [-0.1, -0.05) is 0 Å². The molecule has 2 amide bonds. The van der Waals surface area contributed by atoms with E-state index in [1.165, 1.54) is 31.4 Å². The van der Waals surface area contributed by atoms with Crippen molar-refractivity contribution in [3.05, 3.63) is 47.8 Å². The summed E-state index contributed by atoms with van der Waals surface area (Å²) in [6, 6.07) is 8.98. The van der Waals surface area contributed by atoms with Crippen LogP contribution in [-0.4, -0.2) is 74.7 Å². The van der Waals surface area contributed by atoms with E-state index >= 15 is 0 Å². The molecule has 31 heavy (non-hydrogen) atoms. The van der Waals surface area contributed by atoms with Crippen LogP contribution in [0.3, 0.4) is 0 Å². The van der Waals surface area contributed by atoms with Gasteiger partial charge in [0.1, 0.15) is 19.0 Å². The molecule has 9 heteroatoms. The molecule has 0 saturated carbocycles. The smallest absolute Gasteiger partial charge is 0.254 e. The molecule has 2 heterocycles. The van der Waals surface area contributed by atoms with Gasteiger partial charge in [-0.05, 0) is 36.4 Å². The fourth-order valence-electron chi connectivity index (χ4n) is 3.63. The van der Waals surface area contributed by atoms with Crippen molar-refractivity contribution in [2.45, 2.75) is 0 Å².